The molecule has 0 aliphatic carbocycles. The molecule has 0 fully saturated rings. The van der Waals surface area contributed by atoms with Gasteiger partial charge in [-0.2, -0.15) is 0 Å². The summed E-state index contributed by atoms with van der Waals surface area (Å²) in [5.41, 5.74) is 2.38. The summed E-state index contributed by atoms with van der Waals surface area (Å²) < 4.78 is 3.25. The van der Waals surface area contributed by atoms with Gasteiger partial charge in [-0.05, 0) is 55.1 Å². The third-order valence-corrected chi connectivity index (χ3v) is 5.36. The molecule has 1 N–H and O–H groups in total. The summed E-state index contributed by atoms with van der Waals surface area (Å²) in [6, 6.07) is 2.15. The Morgan fingerprint density at radius 1 is 1.44 bits per heavy atom. The molecule has 25 heavy (non-hydrogen) atoms. The van der Waals surface area contributed by atoms with Crippen molar-refractivity contribution in [2.75, 3.05) is 20.1 Å². The molecule has 0 aliphatic rings. The standard InChI is InChI=1S/C18H28BrN5S/c1-5-20-18(24(4)12-16-10-15(19)11-23(16)3)21-9-7-6-8-17-22-14(2)13-25-17/h10-11,13H,5-9,12H2,1-4H3,(H,20,21). The van der Waals surface area contributed by atoms with Gasteiger partial charge >= 0.3 is 0 Å². The Morgan fingerprint density at radius 2 is 2.24 bits per heavy atom. The van der Waals surface area contributed by atoms with Gasteiger partial charge in [-0.15, -0.1) is 11.3 Å². The van der Waals surface area contributed by atoms with E-state index in [1.165, 1.54) is 10.7 Å². The third kappa shape index (κ3) is 6.47. The van der Waals surface area contributed by atoms with Crippen LogP contribution in [-0.4, -0.2) is 40.5 Å². The highest BCUT2D eigenvalue weighted by Gasteiger charge is 2.09. The lowest BCUT2D eigenvalue weighted by atomic mass is 10.2. The maximum Gasteiger partial charge on any atom is 0.194 e. The van der Waals surface area contributed by atoms with Gasteiger partial charge in [0.15, 0.2) is 5.96 Å². The van der Waals surface area contributed by atoms with Gasteiger partial charge in [0.2, 0.25) is 0 Å². The van der Waals surface area contributed by atoms with E-state index in [-0.39, 0.29) is 0 Å². The summed E-state index contributed by atoms with van der Waals surface area (Å²) in [5.74, 6) is 0.963. The average Bonchev–Trinajstić information content (AvgIpc) is 3.11. The molecule has 2 aromatic heterocycles. The fourth-order valence-electron chi connectivity index (χ4n) is 2.60. The Morgan fingerprint density at radius 3 is 2.84 bits per heavy atom. The van der Waals surface area contributed by atoms with Crippen LogP contribution in [0.1, 0.15) is 36.2 Å². The first-order valence-electron chi connectivity index (χ1n) is 8.70. The lowest BCUT2D eigenvalue weighted by Gasteiger charge is -2.22. The van der Waals surface area contributed by atoms with Crippen molar-refractivity contribution in [2.45, 2.75) is 39.7 Å². The highest BCUT2D eigenvalue weighted by Crippen LogP contribution is 2.15. The fraction of sp³-hybridized carbons (Fsp3) is 0.556. The Labute approximate surface area is 163 Å². The number of nitrogens with zero attached hydrogens (tertiary/aromatic N) is 4. The minimum Gasteiger partial charge on any atom is -0.357 e. The van der Waals surface area contributed by atoms with Crippen molar-refractivity contribution < 1.29 is 0 Å². The molecule has 0 saturated carbocycles. The van der Waals surface area contributed by atoms with E-state index in [1.54, 1.807) is 11.3 Å². The molecule has 0 radical (unpaired) electrons. The molecule has 0 bridgehead atoms. The Bertz CT molecular complexity index is 691. The molecule has 7 heteroatoms. The number of unbranched alkanes of at least 4 members (excludes halogenated alkanes) is 1. The molecule has 0 aliphatic heterocycles. The quantitative estimate of drug-likeness (QED) is 0.395. The summed E-state index contributed by atoms with van der Waals surface area (Å²) in [4.78, 5) is 11.5. The van der Waals surface area contributed by atoms with Crippen LogP contribution in [0.2, 0.25) is 0 Å². The Kier molecular flexibility index (Phi) is 7.96. The number of nitrogens with one attached hydrogen (secondary N) is 1. The molecule has 5 nitrogen and oxygen atoms in total. The van der Waals surface area contributed by atoms with Crippen LogP contribution in [0.25, 0.3) is 0 Å². The molecular weight excluding hydrogens is 398 g/mol. The second-order valence-corrected chi connectivity index (χ2v) is 8.05. The molecule has 138 valence electrons. The Balaban J connectivity index is 1.83. The topological polar surface area (TPSA) is 45.5 Å². The lowest BCUT2D eigenvalue weighted by molar-refractivity contribution is 0.461. The van der Waals surface area contributed by atoms with Crippen molar-refractivity contribution >= 4 is 33.2 Å². The normalized spacial score (nSPS) is 11.8. The van der Waals surface area contributed by atoms with Gasteiger partial charge in [-0.25, -0.2) is 4.98 Å². The molecule has 0 atom stereocenters. The minimum absolute atomic E-state index is 0.826. The molecule has 0 unspecified atom stereocenters. The van der Waals surface area contributed by atoms with Crippen LogP contribution in [0.4, 0.5) is 0 Å². The van der Waals surface area contributed by atoms with Crippen molar-refractivity contribution in [3.05, 3.63) is 38.5 Å². The number of guanidine groups is 1. The van der Waals surface area contributed by atoms with Gasteiger partial charge in [-0.3, -0.25) is 4.99 Å². The minimum atomic E-state index is 0.826. The van der Waals surface area contributed by atoms with Crippen LogP contribution in [0.3, 0.4) is 0 Å². The zero-order valence-electron chi connectivity index (χ0n) is 15.5. The van der Waals surface area contributed by atoms with Gasteiger partial charge in [0.05, 0.1) is 11.6 Å². The molecule has 0 aromatic carbocycles. The predicted octanol–water partition coefficient (Wildman–Crippen LogP) is 3.97. The maximum absolute atomic E-state index is 4.78. The number of thiazole rings is 1. The summed E-state index contributed by atoms with van der Waals surface area (Å²) in [6.45, 7) is 6.69. The molecular formula is C18H28BrN5S. The van der Waals surface area contributed by atoms with Crippen LogP contribution in [-0.2, 0) is 20.0 Å². The summed E-state index contributed by atoms with van der Waals surface area (Å²) >= 11 is 5.29. The number of aryl methyl sites for hydroxylation is 3. The van der Waals surface area contributed by atoms with Gasteiger partial charge in [0.1, 0.15) is 0 Å². The predicted molar refractivity (Wildman–Crippen MR) is 110 cm³/mol. The van der Waals surface area contributed by atoms with Crippen LogP contribution in [0.5, 0.6) is 0 Å². The third-order valence-electron chi connectivity index (χ3n) is 3.90. The number of halogens is 1. The van der Waals surface area contributed by atoms with Crippen LogP contribution in [0, 0.1) is 6.92 Å². The van der Waals surface area contributed by atoms with Crippen LogP contribution in [0.15, 0.2) is 27.1 Å². The maximum atomic E-state index is 4.78. The monoisotopic (exact) mass is 425 g/mol. The number of aromatic nitrogens is 2. The van der Waals surface area contributed by atoms with Gasteiger partial charge in [-0.1, -0.05) is 0 Å². The van der Waals surface area contributed by atoms with Crippen molar-refractivity contribution in [1.82, 2.24) is 19.8 Å². The van der Waals surface area contributed by atoms with Crippen molar-refractivity contribution in [2.24, 2.45) is 12.0 Å². The molecule has 2 aromatic rings. The van der Waals surface area contributed by atoms with E-state index in [2.05, 4.69) is 74.4 Å². The van der Waals surface area contributed by atoms with Crippen molar-refractivity contribution in [1.29, 1.82) is 0 Å². The van der Waals surface area contributed by atoms with Crippen LogP contribution < -0.4 is 5.32 Å². The van der Waals surface area contributed by atoms with Crippen molar-refractivity contribution in [3.8, 4) is 0 Å². The van der Waals surface area contributed by atoms with E-state index in [9.17, 15) is 0 Å². The fourth-order valence-corrected chi connectivity index (χ4v) is 3.99. The SMILES string of the molecule is CCNC(=NCCCCc1nc(C)cs1)N(C)Cc1cc(Br)cn1C. The van der Waals surface area contributed by atoms with Crippen LogP contribution >= 0.6 is 27.3 Å². The number of hydrogen-bond acceptors (Lipinski definition) is 3. The van der Waals surface area contributed by atoms with Gasteiger partial charge < -0.3 is 14.8 Å². The first kappa shape index (κ1) is 20.0. The van der Waals surface area contributed by atoms with Gasteiger partial charge in [0.25, 0.3) is 0 Å². The summed E-state index contributed by atoms with van der Waals surface area (Å²) in [6.07, 6.45) is 5.34. The molecule has 2 heterocycles. The first-order valence-corrected chi connectivity index (χ1v) is 10.4. The van der Waals surface area contributed by atoms with Crippen molar-refractivity contribution in [3.63, 3.8) is 0 Å². The molecule has 0 spiro atoms. The highest BCUT2D eigenvalue weighted by atomic mass is 79.9. The lowest BCUT2D eigenvalue weighted by Crippen LogP contribution is -2.38. The highest BCUT2D eigenvalue weighted by molar-refractivity contribution is 9.10. The second kappa shape index (κ2) is 9.97. The number of rotatable bonds is 8. The largest absolute Gasteiger partial charge is 0.357 e. The first-order chi connectivity index (χ1) is 12.0. The zero-order valence-corrected chi connectivity index (χ0v) is 18.0. The molecule has 0 amide bonds. The molecule has 2 rings (SSSR count). The molecule has 0 saturated heterocycles. The van der Waals surface area contributed by atoms with E-state index in [1.807, 2.05) is 6.92 Å². The van der Waals surface area contributed by atoms with E-state index >= 15 is 0 Å². The average molecular weight is 426 g/mol. The van der Waals surface area contributed by atoms with Gasteiger partial charge in [0, 0.05) is 54.6 Å². The Hall–Kier alpha value is -1.34. The summed E-state index contributed by atoms with van der Waals surface area (Å²) in [5, 5.41) is 6.74. The smallest absolute Gasteiger partial charge is 0.194 e. The van der Waals surface area contributed by atoms with E-state index < -0.39 is 0 Å². The van der Waals surface area contributed by atoms with E-state index in [4.69, 9.17) is 4.99 Å². The van der Waals surface area contributed by atoms with E-state index in [0.29, 0.717) is 0 Å². The number of hydrogen-bond donors (Lipinski definition) is 1. The summed E-state index contributed by atoms with van der Waals surface area (Å²) in [7, 11) is 4.15. The number of aliphatic imine (C=N–C) groups is 1. The van der Waals surface area contributed by atoms with E-state index in [0.717, 1.165) is 55.0 Å². The second-order valence-electron chi connectivity index (χ2n) is 6.19. The zero-order chi connectivity index (χ0) is 18.2.